The molecule has 0 spiro atoms. The lowest BCUT2D eigenvalue weighted by Gasteiger charge is -2.26. The second kappa shape index (κ2) is 7.99. The Morgan fingerprint density at radius 2 is 1.69 bits per heavy atom. The van der Waals surface area contributed by atoms with Crippen molar-refractivity contribution in [2.45, 2.75) is 26.2 Å². The van der Waals surface area contributed by atoms with E-state index >= 15 is 0 Å². The number of Topliss-reactive ketones (excluding diaryl/α,β-unsaturated/α-hetero) is 1. The SMILES string of the molecule is CC(=O)c1ccc(-c2ccc(C(=O)OCC(=O)N3CCCCC3)o2)cc1. The molecule has 0 saturated carbocycles. The summed E-state index contributed by atoms with van der Waals surface area (Å²) in [6.07, 6.45) is 3.11. The van der Waals surface area contributed by atoms with Gasteiger partial charge in [0, 0.05) is 24.2 Å². The van der Waals surface area contributed by atoms with Gasteiger partial charge < -0.3 is 14.1 Å². The van der Waals surface area contributed by atoms with E-state index in [2.05, 4.69) is 0 Å². The number of esters is 1. The molecule has 1 saturated heterocycles. The van der Waals surface area contributed by atoms with Crippen LogP contribution in [0.25, 0.3) is 11.3 Å². The Kier molecular flexibility index (Phi) is 5.51. The van der Waals surface area contributed by atoms with Gasteiger partial charge in [-0.15, -0.1) is 0 Å². The molecule has 6 nitrogen and oxygen atoms in total. The summed E-state index contributed by atoms with van der Waals surface area (Å²) in [6.45, 7) is 2.67. The van der Waals surface area contributed by atoms with Crippen molar-refractivity contribution in [3.05, 3.63) is 47.7 Å². The molecule has 1 amide bonds. The van der Waals surface area contributed by atoms with E-state index in [0.29, 0.717) is 11.3 Å². The first-order valence-corrected chi connectivity index (χ1v) is 8.71. The van der Waals surface area contributed by atoms with Gasteiger partial charge in [0.1, 0.15) is 5.76 Å². The zero-order valence-corrected chi connectivity index (χ0v) is 14.7. The number of hydrogen-bond donors (Lipinski definition) is 0. The smallest absolute Gasteiger partial charge is 0.374 e. The summed E-state index contributed by atoms with van der Waals surface area (Å²) in [6, 6.07) is 10.1. The lowest BCUT2D eigenvalue weighted by atomic mass is 10.1. The fourth-order valence-corrected chi connectivity index (χ4v) is 2.90. The first-order valence-electron chi connectivity index (χ1n) is 8.71. The molecule has 0 bridgehead atoms. The second-order valence-electron chi connectivity index (χ2n) is 6.32. The summed E-state index contributed by atoms with van der Waals surface area (Å²) in [4.78, 5) is 37.2. The minimum Gasteiger partial charge on any atom is -0.450 e. The summed E-state index contributed by atoms with van der Waals surface area (Å²) in [7, 11) is 0. The molecule has 2 aromatic rings. The second-order valence-corrected chi connectivity index (χ2v) is 6.32. The standard InChI is InChI=1S/C20H21NO5/c1-14(22)15-5-7-16(8-6-15)17-9-10-18(26-17)20(24)25-13-19(23)21-11-3-2-4-12-21/h5-10H,2-4,11-13H2,1H3. The molecular formula is C20H21NO5. The quantitative estimate of drug-likeness (QED) is 0.607. The van der Waals surface area contributed by atoms with Crippen molar-refractivity contribution < 1.29 is 23.5 Å². The van der Waals surface area contributed by atoms with Gasteiger partial charge in [-0.25, -0.2) is 4.79 Å². The fraction of sp³-hybridized carbons (Fsp3) is 0.350. The maximum Gasteiger partial charge on any atom is 0.374 e. The van der Waals surface area contributed by atoms with E-state index in [1.54, 1.807) is 35.2 Å². The predicted octanol–water partition coefficient (Wildman–Crippen LogP) is 3.32. The summed E-state index contributed by atoms with van der Waals surface area (Å²) in [5, 5.41) is 0. The van der Waals surface area contributed by atoms with Crippen LogP contribution in [0.5, 0.6) is 0 Å². The molecule has 1 aromatic carbocycles. The fourth-order valence-electron chi connectivity index (χ4n) is 2.90. The Morgan fingerprint density at radius 1 is 1.00 bits per heavy atom. The van der Waals surface area contributed by atoms with Crippen molar-refractivity contribution in [3.63, 3.8) is 0 Å². The third kappa shape index (κ3) is 4.20. The van der Waals surface area contributed by atoms with Gasteiger partial charge in [-0.2, -0.15) is 0 Å². The van der Waals surface area contributed by atoms with Gasteiger partial charge in [-0.05, 0) is 38.3 Å². The van der Waals surface area contributed by atoms with E-state index in [9.17, 15) is 14.4 Å². The highest BCUT2D eigenvalue weighted by molar-refractivity contribution is 5.94. The molecule has 0 aliphatic carbocycles. The number of nitrogens with zero attached hydrogens (tertiary/aromatic N) is 1. The number of carbonyl (C=O) groups is 3. The molecule has 2 heterocycles. The number of hydrogen-bond acceptors (Lipinski definition) is 5. The van der Waals surface area contributed by atoms with Gasteiger partial charge in [-0.1, -0.05) is 24.3 Å². The molecule has 6 heteroatoms. The van der Waals surface area contributed by atoms with Crippen molar-refractivity contribution in [1.29, 1.82) is 0 Å². The van der Waals surface area contributed by atoms with Gasteiger partial charge in [0.2, 0.25) is 5.76 Å². The molecule has 0 radical (unpaired) electrons. The number of furan rings is 1. The minimum absolute atomic E-state index is 0.0152. The Bertz CT molecular complexity index is 800. The monoisotopic (exact) mass is 355 g/mol. The van der Waals surface area contributed by atoms with Crippen molar-refractivity contribution >= 4 is 17.7 Å². The highest BCUT2D eigenvalue weighted by Crippen LogP contribution is 2.23. The molecule has 0 N–H and O–H groups in total. The van der Waals surface area contributed by atoms with Gasteiger partial charge >= 0.3 is 5.97 Å². The lowest BCUT2D eigenvalue weighted by Crippen LogP contribution is -2.38. The van der Waals surface area contributed by atoms with E-state index in [-0.39, 0.29) is 24.1 Å². The molecule has 1 aliphatic heterocycles. The Balaban J connectivity index is 1.59. The van der Waals surface area contributed by atoms with Gasteiger partial charge in [0.15, 0.2) is 12.4 Å². The van der Waals surface area contributed by atoms with E-state index < -0.39 is 5.97 Å². The molecular weight excluding hydrogens is 334 g/mol. The van der Waals surface area contributed by atoms with Crippen LogP contribution in [0.1, 0.15) is 47.1 Å². The maximum atomic E-state index is 12.1. The van der Waals surface area contributed by atoms with E-state index in [1.807, 2.05) is 0 Å². The number of ketones is 1. The Morgan fingerprint density at radius 3 is 2.35 bits per heavy atom. The van der Waals surface area contributed by atoms with Crippen LogP contribution >= 0.6 is 0 Å². The lowest BCUT2D eigenvalue weighted by molar-refractivity contribution is -0.135. The first kappa shape index (κ1) is 17.9. The van der Waals surface area contributed by atoms with Crippen LogP contribution in [0.3, 0.4) is 0 Å². The number of amides is 1. The zero-order chi connectivity index (χ0) is 18.5. The van der Waals surface area contributed by atoms with E-state index in [0.717, 1.165) is 37.9 Å². The number of carbonyl (C=O) groups excluding carboxylic acids is 3. The Hall–Kier alpha value is -2.89. The minimum atomic E-state index is -0.665. The van der Waals surface area contributed by atoms with Crippen molar-refractivity contribution in [3.8, 4) is 11.3 Å². The topological polar surface area (TPSA) is 76.8 Å². The number of piperidine rings is 1. The molecule has 0 unspecified atom stereocenters. The molecule has 136 valence electrons. The van der Waals surface area contributed by atoms with Gasteiger partial charge in [0.05, 0.1) is 0 Å². The van der Waals surface area contributed by atoms with Crippen LogP contribution in [-0.2, 0) is 9.53 Å². The van der Waals surface area contributed by atoms with Crippen LogP contribution in [0.15, 0.2) is 40.8 Å². The molecule has 26 heavy (non-hydrogen) atoms. The molecule has 1 fully saturated rings. The van der Waals surface area contributed by atoms with Crippen LogP contribution in [0, 0.1) is 0 Å². The van der Waals surface area contributed by atoms with Crippen molar-refractivity contribution in [1.82, 2.24) is 4.90 Å². The average molecular weight is 355 g/mol. The molecule has 1 aliphatic rings. The average Bonchev–Trinajstić information content (AvgIpc) is 3.17. The molecule has 0 atom stereocenters. The highest BCUT2D eigenvalue weighted by atomic mass is 16.5. The van der Waals surface area contributed by atoms with E-state index in [4.69, 9.17) is 9.15 Å². The third-order valence-corrected chi connectivity index (χ3v) is 4.42. The van der Waals surface area contributed by atoms with Gasteiger partial charge in [-0.3, -0.25) is 9.59 Å². The highest BCUT2D eigenvalue weighted by Gasteiger charge is 2.20. The largest absolute Gasteiger partial charge is 0.450 e. The van der Waals surface area contributed by atoms with Crippen molar-refractivity contribution in [2.24, 2.45) is 0 Å². The first-order chi connectivity index (χ1) is 12.5. The number of likely N-dealkylation sites (tertiary alicyclic amines) is 1. The van der Waals surface area contributed by atoms with E-state index in [1.165, 1.54) is 13.0 Å². The zero-order valence-electron chi connectivity index (χ0n) is 14.7. The molecule has 3 rings (SSSR count). The number of benzene rings is 1. The summed E-state index contributed by atoms with van der Waals surface area (Å²) >= 11 is 0. The van der Waals surface area contributed by atoms with Crippen molar-refractivity contribution in [2.75, 3.05) is 19.7 Å². The summed E-state index contributed by atoms with van der Waals surface area (Å²) in [5.74, 6) is -0.318. The maximum absolute atomic E-state index is 12.1. The van der Waals surface area contributed by atoms with Crippen LogP contribution < -0.4 is 0 Å². The summed E-state index contributed by atoms with van der Waals surface area (Å²) < 4.78 is 10.6. The van der Waals surface area contributed by atoms with Crippen LogP contribution in [-0.4, -0.2) is 42.3 Å². The predicted molar refractivity (Wildman–Crippen MR) is 94.9 cm³/mol. The van der Waals surface area contributed by atoms with Crippen LogP contribution in [0.2, 0.25) is 0 Å². The number of ether oxygens (including phenoxy) is 1. The third-order valence-electron chi connectivity index (χ3n) is 4.42. The van der Waals surface area contributed by atoms with Gasteiger partial charge in [0.25, 0.3) is 5.91 Å². The normalized spacial score (nSPS) is 14.1. The number of rotatable bonds is 5. The summed E-state index contributed by atoms with van der Waals surface area (Å²) in [5.41, 5.74) is 1.36. The van der Waals surface area contributed by atoms with Crippen LogP contribution in [0.4, 0.5) is 0 Å². The molecule has 1 aromatic heterocycles. The Labute approximate surface area is 151 Å².